The van der Waals surface area contributed by atoms with E-state index in [-0.39, 0.29) is 12.7 Å². The monoisotopic (exact) mass is 194 g/mol. The van der Waals surface area contributed by atoms with Crippen LogP contribution in [0.1, 0.15) is 29.8 Å². The minimum absolute atomic E-state index is 0.0578. The number of carbonyl (C=O) groups is 1. The summed E-state index contributed by atoms with van der Waals surface area (Å²) in [6.45, 7) is 3.70. The highest BCUT2D eigenvalue weighted by Crippen LogP contribution is 2.20. The van der Waals surface area contributed by atoms with Crippen LogP contribution in [0, 0.1) is 0 Å². The molecule has 0 saturated carbocycles. The molecule has 0 unspecified atom stereocenters. The lowest BCUT2D eigenvalue weighted by Crippen LogP contribution is -2.07. The van der Waals surface area contributed by atoms with Gasteiger partial charge in [0.1, 0.15) is 12.0 Å². The van der Waals surface area contributed by atoms with Gasteiger partial charge < -0.3 is 9.84 Å². The number of aliphatic hydroxyl groups excluding tert-OH is 1. The third-order valence-electron chi connectivity index (χ3n) is 1.75. The molecular weight excluding hydrogens is 180 g/mol. The van der Waals surface area contributed by atoms with Crippen molar-refractivity contribution >= 4 is 6.29 Å². The summed E-state index contributed by atoms with van der Waals surface area (Å²) in [5.41, 5.74) is 1.19. The van der Waals surface area contributed by atoms with E-state index in [1.165, 1.54) is 0 Å². The Kier molecular flexibility index (Phi) is 3.65. The highest BCUT2D eigenvalue weighted by atomic mass is 16.5. The summed E-state index contributed by atoms with van der Waals surface area (Å²) in [6, 6.07) is 5.00. The normalized spacial score (nSPS) is 10.3. The third-order valence-corrected chi connectivity index (χ3v) is 1.75. The van der Waals surface area contributed by atoms with E-state index in [0.29, 0.717) is 16.9 Å². The average Bonchev–Trinajstić information content (AvgIpc) is 2.17. The minimum Gasteiger partial charge on any atom is -0.491 e. The van der Waals surface area contributed by atoms with Gasteiger partial charge >= 0.3 is 0 Å². The maximum Gasteiger partial charge on any atom is 0.150 e. The molecule has 0 amide bonds. The largest absolute Gasteiger partial charge is 0.491 e. The highest BCUT2D eigenvalue weighted by molar-refractivity contribution is 5.75. The number of benzene rings is 1. The lowest BCUT2D eigenvalue weighted by molar-refractivity contribution is 0.112. The van der Waals surface area contributed by atoms with Crippen LogP contribution in [0.25, 0.3) is 0 Å². The summed E-state index contributed by atoms with van der Waals surface area (Å²) in [5, 5.41) is 9.06. The van der Waals surface area contributed by atoms with Gasteiger partial charge in [0.25, 0.3) is 0 Å². The number of hydrogen-bond donors (Lipinski definition) is 1. The Bertz CT molecular complexity index is 318. The summed E-state index contributed by atoms with van der Waals surface area (Å²) < 4.78 is 5.46. The summed E-state index contributed by atoms with van der Waals surface area (Å²) >= 11 is 0. The second-order valence-corrected chi connectivity index (χ2v) is 3.31. The van der Waals surface area contributed by atoms with Crippen LogP contribution >= 0.6 is 0 Å². The van der Waals surface area contributed by atoms with Crippen molar-refractivity contribution in [2.24, 2.45) is 0 Å². The zero-order chi connectivity index (χ0) is 10.6. The predicted octanol–water partition coefficient (Wildman–Crippen LogP) is 1.78. The Hall–Kier alpha value is -1.35. The molecule has 14 heavy (non-hydrogen) atoms. The van der Waals surface area contributed by atoms with E-state index >= 15 is 0 Å². The van der Waals surface area contributed by atoms with Crippen molar-refractivity contribution in [1.29, 1.82) is 0 Å². The predicted molar refractivity (Wildman–Crippen MR) is 53.5 cm³/mol. The third kappa shape index (κ3) is 2.57. The first kappa shape index (κ1) is 10.7. The molecule has 0 aliphatic rings. The van der Waals surface area contributed by atoms with Gasteiger partial charge in [-0.1, -0.05) is 0 Å². The standard InChI is InChI=1S/C11H14O3/c1-8(2)14-11-4-3-9(6-12)5-10(11)7-13/h3-6,8,13H,7H2,1-2H3. The fourth-order valence-corrected chi connectivity index (χ4v) is 1.17. The maximum absolute atomic E-state index is 10.5. The second-order valence-electron chi connectivity index (χ2n) is 3.31. The van der Waals surface area contributed by atoms with Crippen LogP contribution in [0.4, 0.5) is 0 Å². The van der Waals surface area contributed by atoms with Crippen molar-refractivity contribution in [2.45, 2.75) is 26.6 Å². The molecule has 0 aliphatic heterocycles. The van der Waals surface area contributed by atoms with Gasteiger partial charge in [-0.3, -0.25) is 4.79 Å². The Morgan fingerprint density at radius 1 is 1.50 bits per heavy atom. The van der Waals surface area contributed by atoms with Crippen molar-refractivity contribution in [2.75, 3.05) is 0 Å². The van der Waals surface area contributed by atoms with Gasteiger partial charge in [-0.15, -0.1) is 0 Å². The smallest absolute Gasteiger partial charge is 0.150 e. The Morgan fingerprint density at radius 2 is 2.21 bits per heavy atom. The summed E-state index contributed by atoms with van der Waals surface area (Å²) in [5.74, 6) is 0.633. The van der Waals surface area contributed by atoms with Crippen molar-refractivity contribution in [3.63, 3.8) is 0 Å². The van der Waals surface area contributed by atoms with Gasteiger partial charge in [-0.2, -0.15) is 0 Å². The average molecular weight is 194 g/mol. The Labute approximate surface area is 83.3 Å². The molecule has 3 heteroatoms. The molecule has 0 bridgehead atoms. The van der Waals surface area contributed by atoms with Gasteiger partial charge in [0.05, 0.1) is 12.7 Å². The number of carbonyl (C=O) groups excluding carboxylic acids is 1. The molecule has 1 N–H and O–H groups in total. The summed E-state index contributed by atoms with van der Waals surface area (Å²) in [7, 11) is 0. The van der Waals surface area contributed by atoms with Crippen LogP contribution in [0.2, 0.25) is 0 Å². The number of rotatable bonds is 4. The van der Waals surface area contributed by atoms with Crippen molar-refractivity contribution in [1.82, 2.24) is 0 Å². The first-order valence-corrected chi connectivity index (χ1v) is 4.53. The second kappa shape index (κ2) is 4.77. The maximum atomic E-state index is 10.5. The van der Waals surface area contributed by atoms with Gasteiger partial charge in [-0.25, -0.2) is 0 Å². The number of aldehydes is 1. The van der Waals surface area contributed by atoms with E-state index in [9.17, 15) is 4.79 Å². The Balaban J connectivity index is 2.98. The number of aliphatic hydroxyl groups is 1. The van der Waals surface area contributed by atoms with E-state index in [1.807, 2.05) is 13.8 Å². The fourth-order valence-electron chi connectivity index (χ4n) is 1.17. The molecule has 0 aromatic heterocycles. The van der Waals surface area contributed by atoms with Gasteiger partial charge in [0.2, 0.25) is 0 Å². The molecule has 0 aliphatic carbocycles. The van der Waals surface area contributed by atoms with E-state index < -0.39 is 0 Å². The molecule has 1 aromatic carbocycles. The number of hydrogen-bond acceptors (Lipinski definition) is 3. The van der Waals surface area contributed by atoms with Gasteiger partial charge in [0, 0.05) is 11.1 Å². The summed E-state index contributed by atoms with van der Waals surface area (Å²) in [4.78, 5) is 10.5. The molecule has 0 heterocycles. The molecule has 1 rings (SSSR count). The van der Waals surface area contributed by atoms with Crippen molar-refractivity contribution in [3.8, 4) is 5.75 Å². The fraction of sp³-hybridized carbons (Fsp3) is 0.364. The molecule has 3 nitrogen and oxygen atoms in total. The van der Waals surface area contributed by atoms with E-state index in [1.54, 1.807) is 18.2 Å². The van der Waals surface area contributed by atoms with Gasteiger partial charge in [-0.05, 0) is 32.0 Å². The first-order valence-electron chi connectivity index (χ1n) is 4.53. The molecular formula is C11H14O3. The van der Waals surface area contributed by atoms with E-state index in [2.05, 4.69) is 0 Å². The zero-order valence-electron chi connectivity index (χ0n) is 8.36. The van der Waals surface area contributed by atoms with Crippen LogP contribution in [-0.2, 0) is 6.61 Å². The molecule has 0 spiro atoms. The zero-order valence-corrected chi connectivity index (χ0v) is 8.36. The molecule has 0 fully saturated rings. The lowest BCUT2D eigenvalue weighted by atomic mass is 10.1. The van der Waals surface area contributed by atoms with E-state index in [4.69, 9.17) is 9.84 Å². The lowest BCUT2D eigenvalue weighted by Gasteiger charge is -2.13. The first-order chi connectivity index (χ1) is 6.67. The van der Waals surface area contributed by atoms with Gasteiger partial charge in [0.15, 0.2) is 0 Å². The van der Waals surface area contributed by atoms with Crippen LogP contribution in [0.5, 0.6) is 5.75 Å². The van der Waals surface area contributed by atoms with Crippen LogP contribution < -0.4 is 4.74 Å². The van der Waals surface area contributed by atoms with Crippen molar-refractivity contribution in [3.05, 3.63) is 29.3 Å². The minimum atomic E-state index is -0.121. The molecule has 0 saturated heterocycles. The van der Waals surface area contributed by atoms with Crippen molar-refractivity contribution < 1.29 is 14.6 Å². The topological polar surface area (TPSA) is 46.5 Å². The SMILES string of the molecule is CC(C)Oc1ccc(C=O)cc1CO. The molecule has 1 aromatic rings. The summed E-state index contributed by atoms with van der Waals surface area (Å²) in [6.07, 6.45) is 0.806. The Morgan fingerprint density at radius 3 is 2.71 bits per heavy atom. The van der Waals surface area contributed by atoms with Crippen LogP contribution in [-0.4, -0.2) is 17.5 Å². The number of ether oxygens (including phenoxy) is 1. The molecule has 0 atom stereocenters. The van der Waals surface area contributed by atoms with Crippen LogP contribution in [0.15, 0.2) is 18.2 Å². The quantitative estimate of drug-likeness (QED) is 0.743. The van der Waals surface area contributed by atoms with Crippen LogP contribution in [0.3, 0.4) is 0 Å². The molecule has 0 radical (unpaired) electrons. The molecule has 76 valence electrons. The highest BCUT2D eigenvalue weighted by Gasteiger charge is 2.05. The van der Waals surface area contributed by atoms with E-state index in [0.717, 1.165) is 6.29 Å².